The number of aromatic nitrogens is 4. The van der Waals surface area contributed by atoms with Crippen molar-refractivity contribution in [3.05, 3.63) is 29.6 Å². The predicted octanol–water partition coefficient (Wildman–Crippen LogP) is 1.89. The minimum atomic E-state index is -0.842. The Morgan fingerprint density at radius 3 is 2.70 bits per heavy atom. The average molecular weight is 318 g/mol. The first-order chi connectivity index (χ1) is 11.2. The Bertz CT molecular complexity index is 665. The van der Waals surface area contributed by atoms with Crippen LogP contribution in [0.4, 0.5) is 0 Å². The van der Waals surface area contributed by atoms with E-state index in [1.165, 1.54) is 5.56 Å². The van der Waals surface area contributed by atoms with Crippen LogP contribution in [-0.4, -0.2) is 47.6 Å². The highest BCUT2D eigenvalue weighted by Gasteiger charge is 2.45. The topological polar surface area (TPSA) is 71.3 Å². The number of tetrazole rings is 1. The Balaban J connectivity index is 2.04. The van der Waals surface area contributed by atoms with Crippen molar-refractivity contribution in [3.8, 4) is 11.4 Å². The summed E-state index contributed by atoms with van der Waals surface area (Å²) in [6, 6.07) is 6.16. The predicted molar refractivity (Wildman–Crippen MR) is 83.8 cm³/mol. The molecule has 1 aliphatic heterocycles. The lowest BCUT2D eigenvalue weighted by Gasteiger charge is -2.36. The Morgan fingerprint density at radius 2 is 2.00 bits per heavy atom. The van der Waals surface area contributed by atoms with Crippen molar-refractivity contribution in [2.45, 2.75) is 31.8 Å². The molecule has 0 saturated carbocycles. The number of aryl methyl sites for hydroxylation is 1. The van der Waals surface area contributed by atoms with Crippen molar-refractivity contribution >= 4 is 0 Å². The van der Waals surface area contributed by atoms with Crippen LogP contribution in [-0.2, 0) is 21.5 Å². The number of benzene rings is 1. The van der Waals surface area contributed by atoms with Crippen LogP contribution >= 0.6 is 0 Å². The number of methoxy groups -OCH3 is 2. The first kappa shape index (κ1) is 15.9. The van der Waals surface area contributed by atoms with E-state index in [0.29, 0.717) is 19.0 Å². The van der Waals surface area contributed by atoms with Gasteiger partial charge in [-0.05, 0) is 41.0 Å². The summed E-state index contributed by atoms with van der Waals surface area (Å²) in [5, 5.41) is 12.1. The number of hydrogen-bond acceptors (Lipinski definition) is 6. The van der Waals surface area contributed by atoms with E-state index in [1.54, 1.807) is 18.9 Å². The SMILES string of the molecule is CCCCc1ccc2c(c1)-n1nnnc1C(COC)(COC)O2. The molecule has 0 saturated heterocycles. The Hall–Kier alpha value is -1.99. The van der Waals surface area contributed by atoms with E-state index in [2.05, 4.69) is 34.6 Å². The molecule has 0 aliphatic carbocycles. The maximum absolute atomic E-state index is 6.23. The third-order valence-corrected chi connectivity index (χ3v) is 4.01. The lowest BCUT2D eigenvalue weighted by atomic mass is 10.0. The molecule has 23 heavy (non-hydrogen) atoms. The van der Waals surface area contributed by atoms with Crippen molar-refractivity contribution in [3.63, 3.8) is 0 Å². The molecule has 0 spiro atoms. The van der Waals surface area contributed by atoms with Gasteiger partial charge in [-0.15, -0.1) is 5.10 Å². The van der Waals surface area contributed by atoms with Gasteiger partial charge >= 0.3 is 0 Å². The molecule has 1 aromatic carbocycles. The van der Waals surface area contributed by atoms with Gasteiger partial charge in [0.1, 0.15) is 11.4 Å². The van der Waals surface area contributed by atoms with E-state index in [0.717, 1.165) is 30.7 Å². The average Bonchev–Trinajstić information content (AvgIpc) is 3.05. The molecule has 0 bridgehead atoms. The number of fused-ring (bicyclic) bond motifs is 3. The third kappa shape index (κ3) is 2.82. The van der Waals surface area contributed by atoms with Crippen LogP contribution in [0, 0.1) is 0 Å². The van der Waals surface area contributed by atoms with Gasteiger partial charge in [0.25, 0.3) is 0 Å². The van der Waals surface area contributed by atoms with Crippen LogP contribution in [0.5, 0.6) is 5.75 Å². The van der Waals surface area contributed by atoms with Crippen LogP contribution in [0.15, 0.2) is 18.2 Å². The molecule has 0 atom stereocenters. The quantitative estimate of drug-likeness (QED) is 0.776. The second-order valence-corrected chi connectivity index (χ2v) is 5.78. The van der Waals surface area contributed by atoms with E-state index in [4.69, 9.17) is 14.2 Å². The van der Waals surface area contributed by atoms with Crippen molar-refractivity contribution in [2.24, 2.45) is 0 Å². The van der Waals surface area contributed by atoms with Gasteiger partial charge in [0.15, 0.2) is 0 Å². The van der Waals surface area contributed by atoms with Crippen LogP contribution in [0.1, 0.15) is 31.2 Å². The number of rotatable bonds is 7. The van der Waals surface area contributed by atoms with Crippen molar-refractivity contribution < 1.29 is 14.2 Å². The molecule has 7 heteroatoms. The summed E-state index contributed by atoms with van der Waals surface area (Å²) < 4.78 is 18.6. The minimum absolute atomic E-state index is 0.304. The molecule has 2 aromatic rings. The van der Waals surface area contributed by atoms with Crippen molar-refractivity contribution in [1.82, 2.24) is 20.2 Å². The lowest BCUT2D eigenvalue weighted by molar-refractivity contribution is -0.0748. The van der Waals surface area contributed by atoms with Gasteiger partial charge in [-0.25, -0.2) is 0 Å². The van der Waals surface area contributed by atoms with E-state index in [-0.39, 0.29) is 0 Å². The van der Waals surface area contributed by atoms with Crippen LogP contribution in [0.25, 0.3) is 5.69 Å². The van der Waals surface area contributed by atoms with Gasteiger partial charge in [0.05, 0.1) is 13.2 Å². The number of hydrogen-bond donors (Lipinski definition) is 0. The number of nitrogens with zero attached hydrogens (tertiary/aromatic N) is 4. The van der Waals surface area contributed by atoms with E-state index >= 15 is 0 Å². The normalized spacial score (nSPS) is 14.9. The molecule has 0 radical (unpaired) electrons. The molecule has 3 rings (SSSR count). The van der Waals surface area contributed by atoms with Gasteiger partial charge in [0, 0.05) is 14.2 Å². The highest BCUT2D eigenvalue weighted by atomic mass is 16.6. The Kier molecular flexibility index (Phi) is 4.58. The molecule has 0 fully saturated rings. The molecule has 0 unspecified atom stereocenters. The monoisotopic (exact) mass is 318 g/mol. The summed E-state index contributed by atoms with van der Waals surface area (Å²) in [4.78, 5) is 0. The lowest BCUT2D eigenvalue weighted by Crippen LogP contribution is -2.47. The molecular weight excluding hydrogens is 296 g/mol. The van der Waals surface area contributed by atoms with Gasteiger partial charge in [-0.1, -0.05) is 19.4 Å². The zero-order chi connectivity index (χ0) is 16.3. The summed E-state index contributed by atoms with van der Waals surface area (Å²) in [5.74, 6) is 1.33. The molecule has 0 amide bonds. The molecule has 0 N–H and O–H groups in total. The second kappa shape index (κ2) is 6.64. The summed E-state index contributed by atoms with van der Waals surface area (Å²) in [6.07, 6.45) is 3.34. The maximum Gasteiger partial charge on any atom is 0.216 e. The summed E-state index contributed by atoms with van der Waals surface area (Å²) in [6.45, 7) is 2.79. The summed E-state index contributed by atoms with van der Waals surface area (Å²) in [7, 11) is 3.25. The smallest absolute Gasteiger partial charge is 0.216 e. The van der Waals surface area contributed by atoms with Gasteiger partial charge in [-0.2, -0.15) is 4.68 Å². The zero-order valence-electron chi connectivity index (χ0n) is 13.8. The first-order valence-corrected chi connectivity index (χ1v) is 7.83. The van der Waals surface area contributed by atoms with Crippen LogP contribution < -0.4 is 4.74 Å². The summed E-state index contributed by atoms with van der Waals surface area (Å²) in [5.41, 5.74) is 1.27. The Morgan fingerprint density at radius 1 is 1.22 bits per heavy atom. The van der Waals surface area contributed by atoms with Crippen molar-refractivity contribution in [2.75, 3.05) is 27.4 Å². The fraction of sp³-hybridized carbons (Fsp3) is 0.562. The van der Waals surface area contributed by atoms with Gasteiger partial charge in [-0.3, -0.25) is 0 Å². The Labute approximate surface area is 135 Å². The summed E-state index contributed by atoms with van der Waals surface area (Å²) >= 11 is 0. The van der Waals surface area contributed by atoms with E-state index in [1.807, 2.05) is 6.07 Å². The van der Waals surface area contributed by atoms with Crippen LogP contribution in [0.2, 0.25) is 0 Å². The zero-order valence-corrected chi connectivity index (χ0v) is 13.8. The van der Waals surface area contributed by atoms with Crippen LogP contribution in [0.3, 0.4) is 0 Å². The third-order valence-electron chi connectivity index (χ3n) is 4.01. The van der Waals surface area contributed by atoms with Gasteiger partial charge < -0.3 is 14.2 Å². The van der Waals surface area contributed by atoms with Gasteiger partial charge in [0.2, 0.25) is 11.4 Å². The maximum atomic E-state index is 6.23. The molecule has 2 heterocycles. The second-order valence-electron chi connectivity index (χ2n) is 5.78. The largest absolute Gasteiger partial charge is 0.472 e. The fourth-order valence-electron chi connectivity index (χ4n) is 2.94. The molecule has 1 aromatic heterocycles. The number of ether oxygens (including phenoxy) is 3. The number of unbranched alkanes of at least 4 members (excludes halogenated alkanes) is 1. The molecule has 7 nitrogen and oxygen atoms in total. The highest BCUT2D eigenvalue weighted by molar-refractivity contribution is 5.51. The first-order valence-electron chi connectivity index (χ1n) is 7.83. The van der Waals surface area contributed by atoms with E-state index in [9.17, 15) is 0 Å². The minimum Gasteiger partial charge on any atom is -0.472 e. The standard InChI is InChI=1S/C16H22N4O3/c1-4-5-6-12-7-8-14-13(9-12)20-15(17-18-19-20)16(23-14,10-21-2)11-22-3/h7-9H,4-6,10-11H2,1-3H3. The van der Waals surface area contributed by atoms with E-state index < -0.39 is 5.60 Å². The van der Waals surface area contributed by atoms with Crippen molar-refractivity contribution in [1.29, 1.82) is 0 Å². The highest BCUT2D eigenvalue weighted by Crippen LogP contribution is 2.38. The molecule has 124 valence electrons. The fourth-order valence-corrected chi connectivity index (χ4v) is 2.94. The molecule has 1 aliphatic rings. The molecular formula is C16H22N4O3.